The van der Waals surface area contributed by atoms with Crippen LogP contribution < -0.4 is 5.73 Å². The molecule has 6 heteroatoms. The van der Waals surface area contributed by atoms with Crippen molar-refractivity contribution in [3.63, 3.8) is 0 Å². The van der Waals surface area contributed by atoms with Crippen molar-refractivity contribution in [3.05, 3.63) is 46.4 Å². The van der Waals surface area contributed by atoms with Gasteiger partial charge in [0, 0.05) is 6.07 Å². The molecule has 0 saturated carbocycles. The average Bonchev–Trinajstić information content (AvgIpc) is 2.87. The number of rotatable bonds is 4. The van der Waals surface area contributed by atoms with E-state index in [1.807, 2.05) is 13.8 Å². The van der Waals surface area contributed by atoms with E-state index < -0.39 is 4.92 Å². The van der Waals surface area contributed by atoms with E-state index in [2.05, 4.69) is 9.97 Å². The molecule has 0 bridgehead atoms. The molecule has 0 aliphatic carbocycles. The highest BCUT2D eigenvalue weighted by atomic mass is 16.6. The average molecular weight is 260 g/mol. The van der Waals surface area contributed by atoms with E-state index in [1.54, 1.807) is 24.4 Å². The Labute approximate surface area is 110 Å². The second-order valence-electron chi connectivity index (χ2n) is 4.73. The Morgan fingerprint density at radius 2 is 2.05 bits per heavy atom. The molecule has 2 aromatic rings. The molecule has 3 N–H and O–H groups in total. The number of aromatic amines is 1. The highest BCUT2D eigenvalue weighted by Crippen LogP contribution is 2.29. The molecular weight excluding hydrogens is 244 g/mol. The molecule has 19 heavy (non-hydrogen) atoms. The molecule has 0 aliphatic heterocycles. The number of hydrogen-bond acceptors (Lipinski definition) is 4. The van der Waals surface area contributed by atoms with Crippen molar-refractivity contribution in [1.29, 1.82) is 0 Å². The van der Waals surface area contributed by atoms with Crippen LogP contribution in [0.15, 0.2) is 30.5 Å². The van der Waals surface area contributed by atoms with Crippen LogP contribution >= 0.6 is 0 Å². The van der Waals surface area contributed by atoms with E-state index in [9.17, 15) is 10.1 Å². The third-order valence-corrected chi connectivity index (χ3v) is 3.02. The number of benzene rings is 1. The summed E-state index contributed by atoms with van der Waals surface area (Å²) in [4.78, 5) is 17.9. The predicted octanol–water partition coefficient (Wildman–Crippen LogP) is 2.64. The molecule has 0 aliphatic rings. The Kier molecular flexibility index (Phi) is 3.62. The molecule has 6 nitrogen and oxygen atoms in total. The minimum Gasteiger partial charge on any atom is -0.340 e. The Balaban J connectivity index is 2.41. The summed E-state index contributed by atoms with van der Waals surface area (Å²) in [5.74, 6) is 0.882. The molecule has 1 heterocycles. The van der Waals surface area contributed by atoms with Gasteiger partial charge in [0.15, 0.2) is 0 Å². The van der Waals surface area contributed by atoms with Gasteiger partial charge in [-0.15, -0.1) is 0 Å². The molecule has 1 atom stereocenters. The Bertz CT molecular complexity index is 592. The number of H-pyrrole nitrogens is 1. The van der Waals surface area contributed by atoms with Gasteiger partial charge in [-0.05, 0) is 12.0 Å². The summed E-state index contributed by atoms with van der Waals surface area (Å²) in [6, 6.07) is 6.34. The smallest absolute Gasteiger partial charge is 0.278 e. The molecule has 100 valence electrons. The number of nitrogens with zero attached hydrogens (tertiary/aromatic N) is 2. The van der Waals surface area contributed by atoms with Crippen LogP contribution in [0, 0.1) is 16.0 Å². The van der Waals surface area contributed by atoms with Crippen LogP contribution in [-0.2, 0) is 0 Å². The largest absolute Gasteiger partial charge is 0.340 e. The minimum absolute atomic E-state index is 0.0517. The van der Waals surface area contributed by atoms with Crippen LogP contribution in [0.3, 0.4) is 0 Å². The Morgan fingerprint density at radius 1 is 1.37 bits per heavy atom. The van der Waals surface area contributed by atoms with Gasteiger partial charge in [0.25, 0.3) is 5.69 Å². The summed E-state index contributed by atoms with van der Waals surface area (Å²) < 4.78 is 0. The molecule has 0 spiro atoms. The number of hydrogen-bond donors (Lipinski definition) is 2. The van der Waals surface area contributed by atoms with Crippen molar-refractivity contribution in [2.75, 3.05) is 0 Å². The fourth-order valence-electron chi connectivity index (χ4n) is 1.82. The number of nitro benzene ring substituents is 1. The van der Waals surface area contributed by atoms with E-state index in [4.69, 9.17) is 5.73 Å². The number of imidazole rings is 1. The zero-order chi connectivity index (χ0) is 14.0. The minimum atomic E-state index is -0.405. The Hall–Kier alpha value is -2.21. The molecular formula is C13H16N4O2. The molecule has 2 rings (SSSR count). The summed E-state index contributed by atoms with van der Waals surface area (Å²) in [5.41, 5.74) is 7.18. The Morgan fingerprint density at radius 3 is 2.68 bits per heavy atom. The van der Waals surface area contributed by atoms with Crippen LogP contribution in [0.2, 0.25) is 0 Å². The highest BCUT2D eigenvalue weighted by molar-refractivity contribution is 5.70. The van der Waals surface area contributed by atoms with Crippen molar-refractivity contribution in [1.82, 2.24) is 9.97 Å². The van der Waals surface area contributed by atoms with Crippen LogP contribution in [0.4, 0.5) is 5.69 Å². The van der Waals surface area contributed by atoms with Gasteiger partial charge in [-0.3, -0.25) is 10.1 Å². The summed E-state index contributed by atoms with van der Waals surface area (Å²) >= 11 is 0. The fourth-order valence-corrected chi connectivity index (χ4v) is 1.82. The second-order valence-corrected chi connectivity index (χ2v) is 4.73. The van der Waals surface area contributed by atoms with Crippen molar-refractivity contribution in [3.8, 4) is 11.3 Å². The van der Waals surface area contributed by atoms with Gasteiger partial charge in [0.05, 0.1) is 28.4 Å². The molecule has 0 amide bonds. The van der Waals surface area contributed by atoms with E-state index >= 15 is 0 Å². The monoisotopic (exact) mass is 260 g/mol. The van der Waals surface area contributed by atoms with Crippen LogP contribution in [0.5, 0.6) is 0 Å². The van der Waals surface area contributed by atoms with Gasteiger partial charge in [-0.1, -0.05) is 26.0 Å². The zero-order valence-electron chi connectivity index (χ0n) is 10.8. The normalized spacial score (nSPS) is 12.6. The molecule has 0 saturated heterocycles. The van der Waals surface area contributed by atoms with Crippen LogP contribution in [0.1, 0.15) is 25.7 Å². The second kappa shape index (κ2) is 5.19. The first-order valence-corrected chi connectivity index (χ1v) is 6.05. The van der Waals surface area contributed by atoms with Crippen molar-refractivity contribution in [2.45, 2.75) is 19.9 Å². The molecule has 1 aromatic heterocycles. The lowest BCUT2D eigenvalue weighted by atomic mass is 10.1. The maximum absolute atomic E-state index is 11.0. The number of nitrogens with two attached hydrogens (primary N) is 1. The highest BCUT2D eigenvalue weighted by Gasteiger charge is 2.19. The van der Waals surface area contributed by atoms with Gasteiger partial charge < -0.3 is 10.7 Å². The molecule has 1 aromatic carbocycles. The van der Waals surface area contributed by atoms with Crippen molar-refractivity contribution < 1.29 is 4.92 Å². The lowest BCUT2D eigenvalue weighted by Crippen LogP contribution is -2.18. The predicted molar refractivity (Wildman–Crippen MR) is 72.4 cm³/mol. The first-order chi connectivity index (χ1) is 9.00. The third-order valence-electron chi connectivity index (χ3n) is 3.02. The van der Waals surface area contributed by atoms with Gasteiger partial charge in [-0.2, -0.15) is 0 Å². The third kappa shape index (κ3) is 2.63. The number of aromatic nitrogens is 2. The van der Waals surface area contributed by atoms with Gasteiger partial charge in [-0.25, -0.2) is 4.98 Å². The number of nitrogens with one attached hydrogen (secondary N) is 1. The summed E-state index contributed by atoms with van der Waals surface area (Å²) in [7, 11) is 0. The first kappa shape index (κ1) is 13.2. The van der Waals surface area contributed by atoms with Crippen molar-refractivity contribution in [2.24, 2.45) is 11.7 Å². The SMILES string of the molecule is CC(C)C(N)c1ncc(-c2ccccc2[N+](=O)[O-])[nH]1. The standard InChI is InChI=1S/C13H16N4O2/c1-8(2)12(14)13-15-7-10(16-13)9-5-3-4-6-11(9)17(18)19/h3-8,12H,14H2,1-2H3,(H,15,16). The van der Waals surface area contributed by atoms with E-state index in [1.165, 1.54) is 6.07 Å². The first-order valence-electron chi connectivity index (χ1n) is 6.05. The quantitative estimate of drug-likeness (QED) is 0.652. The van der Waals surface area contributed by atoms with E-state index in [0.717, 1.165) is 0 Å². The lowest BCUT2D eigenvalue weighted by molar-refractivity contribution is -0.384. The van der Waals surface area contributed by atoms with E-state index in [0.29, 0.717) is 17.1 Å². The maximum atomic E-state index is 11.0. The number of para-hydroxylation sites is 1. The zero-order valence-corrected chi connectivity index (χ0v) is 10.8. The summed E-state index contributed by atoms with van der Waals surface area (Å²) in [5, 5.41) is 11.0. The van der Waals surface area contributed by atoms with Crippen LogP contribution in [-0.4, -0.2) is 14.9 Å². The van der Waals surface area contributed by atoms with Crippen molar-refractivity contribution >= 4 is 5.69 Å². The summed E-state index contributed by atoms with van der Waals surface area (Å²) in [6.45, 7) is 4.00. The van der Waals surface area contributed by atoms with E-state index in [-0.39, 0.29) is 17.6 Å². The topological polar surface area (TPSA) is 97.8 Å². The fraction of sp³-hybridized carbons (Fsp3) is 0.308. The molecule has 0 fully saturated rings. The van der Waals surface area contributed by atoms with Gasteiger partial charge in [0.2, 0.25) is 0 Å². The number of nitro groups is 1. The molecule has 1 unspecified atom stereocenters. The summed E-state index contributed by atoms with van der Waals surface area (Å²) in [6.07, 6.45) is 1.58. The van der Waals surface area contributed by atoms with Gasteiger partial charge in [0.1, 0.15) is 5.82 Å². The lowest BCUT2D eigenvalue weighted by Gasteiger charge is -2.12. The van der Waals surface area contributed by atoms with Crippen LogP contribution in [0.25, 0.3) is 11.3 Å². The maximum Gasteiger partial charge on any atom is 0.278 e. The molecule has 0 radical (unpaired) electrons. The van der Waals surface area contributed by atoms with Gasteiger partial charge >= 0.3 is 0 Å².